The summed E-state index contributed by atoms with van der Waals surface area (Å²) >= 11 is 6.16. The van der Waals surface area contributed by atoms with Crippen LogP contribution in [0.1, 0.15) is 36.0 Å². The highest BCUT2D eigenvalue weighted by molar-refractivity contribution is 7.89. The van der Waals surface area contributed by atoms with Crippen LogP contribution < -0.4 is 0 Å². The van der Waals surface area contributed by atoms with E-state index in [4.69, 9.17) is 11.6 Å². The summed E-state index contributed by atoms with van der Waals surface area (Å²) in [5.74, 6) is 0. The monoisotopic (exact) mass is 370 g/mol. The van der Waals surface area contributed by atoms with Crippen molar-refractivity contribution in [3.63, 3.8) is 0 Å². The second-order valence-electron chi connectivity index (χ2n) is 6.45. The zero-order valence-corrected chi connectivity index (χ0v) is 16.0. The number of piperidine rings is 1. The molecule has 0 atom stereocenters. The lowest BCUT2D eigenvalue weighted by Gasteiger charge is -2.33. The molecule has 3 rings (SSSR count). The maximum Gasteiger partial charge on any atom is 0.248 e. The fourth-order valence-corrected chi connectivity index (χ4v) is 5.81. The van der Waals surface area contributed by atoms with Crippen molar-refractivity contribution in [1.29, 1.82) is 0 Å². The fourth-order valence-electron chi connectivity index (χ4n) is 3.63. The number of sulfonamides is 1. The van der Waals surface area contributed by atoms with Gasteiger partial charge in [-0.3, -0.25) is 4.68 Å². The Balaban J connectivity index is 1.81. The first-order chi connectivity index (χ1) is 11.2. The summed E-state index contributed by atoms with van der Waals surface area (Å²) in [4.78, 5) is 0.137. The Bertz CT molecular complexity index is 842. The number of rotatable bonds is 3. The predicted octanol–water partition coefficient (Wildman–Crippen LogP) is 2.83. The summed E-state index contributed by atoms with van der Waals surface area (Å²) in [6.07, 6.45) is 1.60. The quantitative estimate of drug-likeness (QED) is 0.834. The first-order valence-electron chi connectivity index (χ1n) is 8.07. The lowest BCUT2D eigenvalue weighted by Crippen LogP contribution is -2.39. The molecule has 1 aliphatic rings. The Labute approximate surface area is 148 Å². The summed E-state index contributed by atoms with van der Waals surface area (Å²) in [7, 11) is -1.96. The maximum atomic E-state index is 13.0. The molecule has 6 nitrogen and oxygen atoms in total. The van der Waals surface area contributed by atoms with Crippen molar-refractivity contribution < 1.29 is 8.42 Å². The summed E-state index contributed by atoms with van der Waals surface area (Å²) < 4.78 is 31.2. The molecule has 1 aliphatic heterocycles. The average molecular weight is 371 g/mol. The molecule has 0 aromatic carbocycles. The van der Waals surface area contributed by atoms with Gasteiger partial charge in [0.1, 0.15) is 10.0 Å². The zero-order chi connectivity index (χ0) is 17.6. The third-order valence-corrected chi connectivity index (χ3v) is 7.41. The van der Waals surface area contributed by atoms with Gasteiger partial charge in [0.2, 0.25) is 10.0 Å². The Hall–Kier alpha value is -1.31. The van der Waals surface area contributed by atoms with Crippen LogP contribution in [0.5, 0.6) is 0 Å². The van der Waals surface area contributed by atoms with Gasteiger partial charge in [-0.15, -0.1) is 0 Å². The summed E-state index contributed by atoms with van der Waals surface area (Å²) in [5, 5.41) is 4.30. The highest BCUT2D eigenvalue weighted by Crippen LogP contribution is 2.32. The molecular formula is C16H23ClN4O2S. The van der Waals surface area contributed by atoms with E-state index in [-0.39, 0.29) is 10.0 Å². The first-order valence-corrected chi connectivity index (χ1v) is 9.89. The third kappa shape index (κ3) is 2.78. The van der Waals surface area contributed by atoms with Crippen molar-refractivity contribution in [1.82, 2.24) is 18.7 Å². The molecular weight excluding hydrogens is 348 g/mol. The third-order valence-electron chi connectivity index (χ3n) is 4.81. The summed E-state index contributed by atoms with van der Waals surface area (Å²) in [5.41, 5.74) is 2.89. The number of nitrogens with zero attached hydrogens (tertiary/aromatic N) is 4. The Morgan fingerprint density at radius 3 is 2.12 bits per heavy atom. The van der Waals surface area contributed by atoms with Crippen LogP contribution in [0.4, 0.5) is 0 Å². The normalized spacial score (nSPS) is 17.5. The molecule has 0 saturated carbocycles. The highest BCUT2D eigenvalue weighted by atomic mass is 35.5. The van der Waals surface area contributed by atoms with E-state index in [0.717, 1.165) is 12.8 Å². The van der Waals surface area contributed by atoms with E-state index < -0.39 is 10.0 Å². The van der Waals surface area contributed by atoms with Crippen LogP contribution in [0, 0.1) is 20.8 Å². The van der Waals surface area contributed by atoms with E-state index in [1.54, 1.807) is 14.0 Å². The largest absolute Gasteiger partial charge is 0.346 e. The number of aromatic nitrogens is 3. The first kappa shape index (κ1) is 17.5. The van der Waals surface area contributed by atoms with Gasteiger partial charge in [-0.25, -0.2) is 8.42 Å². The summed E-state index contributed by atoms with van der Waals surface area (Å²) in [6.45, 7) is 6.85. The van der Waals surface area contributed by atoms with Gasteiger partial charge in [-0.05, 0) is 45.7 Å². The van der Waals surface area contributed by atoms with Gasteiger partial charge in [-0.2, -0.15) is 9.40 Å². The Morgan fingerprint density at radius 1 is 1.12 bits per heavy atom. The second-order valence-corrected chi connectivity index (χ2v) is 8.68. The van der Waals surface area contributed by atoms with Crippen LogP contribution in [0.25, 0.3) is 0 Å². The van der Waals surface area contributed by atoms with Crippen LogP contribution >= 0.6 is 11.6 Å². The standard InChI is InChI=1S/C16H23ClN4O2S/c1-11-5-6-12(2)21(11)14-7-9-20(10-8-14)24(22,23)15-13(3)18-19(4)16(15)17/h5-6,14H,7-10H2,1-4H3. The minimum Gasteiger partial charge on any atom is -0.346 e. The second kappa shape index (κ2) is 6.20. The van der Waals surface area contributed by atoms with Crippen molar-refractivity contribution in [3.8, 4) is 0 Å². The van der Waals surface area contributed by atoms with Gasteiger partial charge in [0.15, 0.2) is 0 Å². The van der Waals surface area contributed by atoms with Gasteiger partial charge >= 0.3 is 0 Å². The topological polar surface area (TPSA) is 60.1 Å². The van der Waals surface area contributed by atoms with Crippen molar-refractivity contribution in [2.45, 2.75) is 44.6 Å². The van der Waals surface area contributed by atoms with Crippen LogP contribution in [-0.4, -0.2) is 40.2 Å². The molecule has 0 aliphatic carbocycles. The van der Waals surface area contributed by atoms with E-state index in [1.807, 2.05) is 0 Å². The van der Waals surface area contributed by atoms with E-state index in [0.29, 0.717) is 24.8 Å². The van der Waals surface area contributed by atoms with Crippen LogP contribution in [-0.2, 0) is 17.1 Å². The minimum absolute atomic E-state index is 0.137. The molecule has 1 fully saturated rings. The Kier molecular flexibility index (Phi) is 4.53. The average Bonchev–Trinajstić information content (AvgIpc) is 2.98. The molecule has 0 spiro atoms. The molecule has 8 heteroatoms. The van der Waals surface area contributed by atoms with Crippen LogP contribution in [0.3, 0.4) is 0 Å². The Morgan fingerprint density at radius 2 is 1.67 bits per heavy atom. The van der Waals surface area contributed by atoms with Crippen LogP contribution in [0.15, 0.2) is 17.0 Å². The van der Waals surface area contributed by atoms with Crippen molar-refractivity contribution in [2.75, 3.05) is 13.1 Å². The SMILES string of the molecule is Cc1nn(C)c(Cl)c1S(=O)(=O)N1CCC(n2c(C)ccc2C)CC1. The molecule has 0 N–H and O–H groups in total. The predicted molar refractivity (Wildman–Crippen MR) is 93.9 cm³/mol. The van der Waals surface area contributed by atoms with Crippen molar-refractivity contribution in [2.24, 2.45) is 7.05 Å². The van der Waals surface area contributed by atoms with Gasteiger partial charge in [0, 0.05) is 37.6 Å². The van der Waals surface area contributed by atoms with Crippen LogP contribution in [0.2, 0.25) is 5.15 Å². The van der Waals surface area contributed by atoms with E-state index >= 15 is 0 Å². The zero-order valence-electron chi connectivity index (χ0n) is 14.5. The number of aryl methyl sites for hydroxylation is 4. The van der Waals surface area contributed by atoms with Crippen molar-refractivity contribution in [3.05, 3.63) is 34.4 Å². The van der Waals surface area contributed by atoms with Gasteiger partial charge in [0.25, 0.3) is 0 Å². The molecule has 1 saturated heterocycles. The number of hydrogen-bond acceptors (Lipinski definition) is 3. The van der Waals surface area contributed by atoms with E-state index in [2.05, 4.69) is 35.6 Å². The van der Waals surface area contributed by atoms with Crippen molar-refractivity contribution >= 4 is 21.6 Å². The number of halogens is 1. The highest BCUT2D eigenvalue weighted by Gasteiger charge is 2.34. The van der Waals surface area contributed by atoms with Gasteiger partial charge < -0.3 is 4.57 Å². The summed E-state index contributed by atoms with van der Waals surface area (Å²) in [6, 6.07) is 4.56. The molecule has 0 amide bonds. The molecule has 24 heavy (non-hydrogen) atoms. The molecule has 132 valence electrons. The smallest absolute Gasteiger partial charge is 0.248 e. The maximum absolute atomic E-state index is 13.0. The van der Waals surface area contributed by atoms with Gasteiger partial charge in [0.05, 0.1) is 5.69 Å². The van der Waals surface area contributed by atoms with E-state index in [9.17, 15) is 8.42 Å². The molecule has 2 aromatic rings. The molecule has 0 bridgehead atoms. The van der Waals surface area contributed by atoms with Gasteiger partial charge in [-0.1, -0.05) is 11.6 Å². The number of hydrogen-bond donors (Lipinski definition) is 0. The lowest BCUT2D eigenvalue weighted by molar-refractivity contribution is 0.270. The molecule has 0 unspecified atom stereocenters. The fraction of sp³-hybridized carbons (Fsp3) is 0.562. The lowest BCUT2D eigenvalue weighted by atomic mass is 10.1. The minimum atomic E-state index is -3.61. The molecule has 0 radical (unpaired) electrons. The molecule has 3 heterocycles. The van der Waals surface area contributed by atoms with E-state index in [1.165, 1.54) is 20.4 Å². The molecule has 2 aromatic heterocycles.